The van der Waals surface area contributed by atoms with Gasteiger partial charge in [-0.15, -0.1) is 0 Å². The van der Waals surface area contributed by atoms with Crippen LogP contribution in [0.3, 0.4) is 0 Å². The van der Waals surface area contributed by atoms with Gasteiger partial charge >= 0.3 is 0 Å². The third kappa shape index (κ3) is 4.08. The van der Waals surface area contributed by atoms with Gasteiger partial charge in [-0.25, -0.2) is 4.39 Å². The van der Waals surface area contributed by atoms with Crippen LogP contribution in [0.2, 0.25) is 5.02 Å². The summed E-state index contributed by atoms with van der Waals surface area (Å²) in [6.45, 7) is 2.51. The zero-order chi connectivity index (χ0) is 14.5. The summed E-state index contributed by atoms with van der Waals surface area (Å²) in [4.78, 5) is 11.7. The second-order valence-corrected chi connectivity index (χ2v) is 5.18. The molecule has 1 aromatic carbocycles. The lowest BCUT2D eigenvalue weighted by molar-refractivity contribution is -0.124. The van der Waals surface area contributed by atoms with Crippen LogP contribution in [0.15, 0.2) is 18.2 Å². The minimum absolute atomic E-state index is 0.0318. The standard InChI is InChI=1S/C14H17ClFNO3/c1-9(13-3-2-6-19-13)17-14(18)8-20-10-4-5-12(16)11(15)7-10/h4-5,7,9,13H,2-3,6,8H2,1H3,(H,17,18)/t9-,13-/m1/s1. The van der Waals surface area contributed by atoms with Gasteiger partial charge in [0.05, 0.1) is 17.2 Å². The Balaban J connectivity index is 1.78. The minimum Gasteiger partial charge on any atom is -0.484 e. The fourth-order valence-corrected chi connectivity index (χ4v) is 2.27. The summed E-state index contributed by atoms with van der Waals surface area (Å²) in [6, 6.07) is 3.92. The first-order valence-electron chi connectivity index (χ1n) is 6.55. The molecule has 1 aliphatic heterocycles. The molecule has 4 nitrogen and oxygen atoms in total. The van der Waals surface area contributed by atoms with Crippen LogP contribution in [0.5, 0.6) is 5.75 Å². The lowest BCUT2D eigenvalue weighted by Gasteiger charge is -2.20. The predicted octanol–water partition coefficient (Wildman–Crippen LogP) is 2.54. The van der Waals surface area contributed by atoms with Crippen molar-refractivity contribution < 1.29 is 18.7 Å². The molecule has 110 valence electrons. The maximum atomic E-state index is 13.0. The molecular formula is C14H17ClFNO3. The van der Waals surface area contributed by atoms with E-state index >= 15 is 0 Å². The van der Waals surface area contributed by atoms with Gasteiger partial charge in [0.1, 0.15) is 11.6 Å². The van der Waals surface area contributed by atoms with Crippen molar-refractivity contribution in [2.45, 2.75) is 31.9 Å². The molecule has 0 aliphatic carbocycles. The normalized spacial score (nSPS) is 19.6. The van der Waals surface area contributed by atoms with Gasteiger partial charge in [-0.2, -0.15) is 0 Å². The summed E-state index contributed by atoms with van der Waals surface area (Å²) in [6.07, 6.45) is 2.05. The first-order chi connectivity index (χ1) is 9.56. The highest BCUT2D eigenvalue weighted by Crippen LogP contribution is 2.21. The van der Waals surface area contributed by atoms with E-state index in [1.165, 1.54) is 18.2 Å². The Morgan fingerprint density at radius 2 is 2.45 bits per heavy atom. The van der Waals surface area contributed by atoms with E-state index < -0.39 is 5.82 Å². The summed E-state index contributed by atoms with van der Waals surface area (Å²) in [5, 5.41) is 2.79. The van der Waals surface area contributed by atoms with Crippen molar-refractivity contribution in [3.05, 3.63) is 29.0 Å². The van der Waals surface area contributed by atoms with Crippen LogP contribution in [0, 0.1) is 5.82 Å². The molecule has 0 aromatic heterocycles. The first-order valence-corrected chi connectivity index (χ1v) is 6.93. The first kappa shape index (κ1) is 15.1. The molecular weight excluding hydrogens is 285 g/mol. The number of hydrogen-bond acceptors (Lipinski definition) is 3. The van der Waals surface area contributed by atoms with E-state index in [1.54, 1.807) is 0 Å². The largest absolute Gasteiger partial charge is 0.484 e. The molecule has 1 fully saturated rings. The lowest BCUT2D eigenvalue weighted by Crippen LogP contribution is -2.42. The van der Waals surface area contributed by atoms with E-state index in [9.17, 15) is 9.18 Å². The monoisotopic (exact) mass is 301 g/mol. The highest BCUT2D eigenvalue weighted by atomic mass is 35.5. The van der Waals surface area contributed by atoms with E-state index in [2.05, 4.69) is 5.32 Å². The second-order valence-electron chi connectivity index (χ2n) is 4.77. The third-order valence-corrected chi connectivity index (χ3v) is 3.46. The molecule has 2 rings (SSSR count). The molecule has 0 saturated carbocycles. The van der Waals surface area contributed by atoms with Crippen LogP contribution in [-0.4, -0.2) is 31.3 Å². The average molecular weight is 302 g/mol. The molecule has 6 heteroatoms. The Kier molecular flexibility index (Phi) is 5.20. The Labute approximate surface area is 122 Å². The van der Waals surface area contributed by atoms with E-state index in [-0.39, 0.29) is 29.7 Å². The van der Waals surface area contributed by atoms with E-state index in [1.807, 2.05) is 6.92 Å². The van der Waals surface area contributed by atoms with Crippen molar-refractivity contribution in [1.29, 1.82) is 0 Å². The van der Waals surface area contributed by atoms with Crippen molar-refractivity contribution in [3.63, 3.8) is 0 Å². The van der Waals surface area contributed by atoms with E-state index in [0.29, 0.717) is 5.75 Å². The molecule has 0 spiro atoms. The number of carbonyl (C=O) groups is 1. The van der Waals surface area contributed by atoms with Crippen LogP contribution < -0.4 is 10.1 Å². The maximum absolute atomic E-state index is 13.0. The molecule has 0 radical (unpaired) electrons. The Morgan fingerprint density at radius 3 is 3.10 bits per heavy atom. The van der Waals surface area contributed by atoms with Gasteiger partial charge in [0, 0.05) is 12.7 Å². The number of hydrogen-bond donors (Lipinski definition) is 1. The van der Waals surface area contributed by atoms with Gasteiger partial charge in [-0.1, -0.05) is 11.6 Å². The summed E-state index contributed by atoms with van der Waals surface area (Å²) >= 11 is 5.63. The van der Waals surface area contributed by atoms with Gasteiger partial charge in [-0.3, -0.25) is 4.79 Å². The highest BCUT2D eigenvalue weighted by Gasteiger charge is 2.23. The molecule has 0 unspecified atom stereocenters. The summed E-state index contributed by atoms with van der Waals surface area (Å²) < 4.78 is 23.7. The van der Waals surface area contributed by atoms with Gasteiger partial charge < -0.3 is 14.8 Å². The van der Waals surface area contributed by atoms with Gasteiger partial charge in [0.2, 0.25) is 0 Å². The third-order valence-electron chi connectivity index (χ3n) is 3.17. The number of amides is 1. The summed E-state index contributed by atoms with van der Waals surface area (Å²) in [5.74, 6) is -0.403. The van der Waals surface area contributed by atoms with Crippen molar-refractivity contribution in [3.8, 4) is 5.75 Å². The Hall–Kier alpha value is -1.33. The van der Waals surface area contributed by atoms with Gasteiger partial charge in [-0.05, 0) is 31.9 Å². The summed E-state index contributed by atoms with van der Waals surface area (Å²) in [7, 11) is 0. The highest BCUT2D eigenvalue weighted by molar-refractivity contribution is 6.30. The molecule has 20 heavy (non-hydrogen) atoms. The molecule has 1 saturated heterocycles. The van der Waals surface area contributed by atoms with Crippen LogP contribution >= 0.6 is 11.6 Å². The molecule has 2 atom stereocenters. The molecule has 1 heterocycles. The average Bonchev–Trinajstić information content (AvgIpc) is 2.94. The van der Waals surface area contributed by atoms with E-state index in [0.717, 1.165) is 19.4 Å². The van der Waals surface area contributed by atoms with Crippen LogP contribution in [0.25, 0.3) is 0 Å². The number of benzene rings is 1. The van der Waals surface area contributed by atoms with Gasteiger partial charge in [0.25, 0.3) is 5.91 Å². The quantitative estimate of drug-likeness (QED) is 0.909. The predicted molar refractivity (Wildman–Crippen MR) is 73.5 cm³/mol. The molecule has 1 amide bonds. The zero-order valence-corrected chi connectivity index (χ0v) is 12.0. The van der Waals surface area contributed by atoms with Crippen molar-refractivity contribution in [1.82, 2.24) is 5.32 Å². The number of halogens is 2. The maximum Gasteiger partial charge on any atom is 0.258 e. The number of carbonyl (C=O) groups excluding carboxylic acids is 1. The number of rotatable bonds is 5. The topological polar surface area (TPSA) is 47.6 Å². The zero-order valence-electron chi connectivity index (χ0n) is 11.2. The fraction of sp³-hybridized carbons (Fsp3) is 0.500. The fourth-order valence-electron chi connectivity index (χ4n) is 2.10. The smallest absolute Gasteiger partial charge is 0.258 e. The second kappa shape index (κ2) is 6.90. The van der Waals surface area contributed by atoms with Crippen molar-refractivity contribution >= 4 is 17.5 Å². The van der Waals surface area contributed by atoms with Crippen LogP contribution in [0.1, 0.15) is 19.8 Å². The number of ether oxygens (including phenoxy) is 2. The van der Waals surface area contributed by atoms with Crippen molar-refractivity contribution in [2.24, 2.45) is 0 Å². The van der Waals surface area contributed by atoms with Crippen molar-refractivity contribution in [2.75, 3.05) is 13.2 Å². The van der Waals surface area contributed by atoms with Crippen LogP contribution in [-0.2, 0) is 9.53 Å². The Bertz CT molecular complexity index is 477. The molecule has 1 aromatic rings. The Morgan fingerprint density at radius 1 is 1.65 bits per heavy atom. The molecule has 0 bridgehead atoms. The summed E-state index contributed by atoms with van der Waals surface area (Å²) in [5.41, 5.74) is 0. The molecule has 1 aliphatic rings. The van der Waals surface area contributed by atoms with Crippen LogP contribution in [0.4, 0.5) is 4.39 Å². The number of nitrogens with one attached hydrogen (secondary N) is 1. The SMILES string of the molecule is C[C@@H](NC(=O)COc1ccc(F)c(Cl)c1)[C@H]1CCCO1. The minimum atomic E-state index is -0.518. The lowest BCUT2D eigenvalue weighted by atomic mass is 10.1. The van der Waals surface area contributed by atoms with E-state index in [4.69, 9.17) is 21.1 Å². The van der Waals surface area contributed by atoms with Gasteiger partial charge in [0.15, 0.2) is 6.61 Å². The molecule has 1 N–H and O–H groups in total.